The molecule has 0 amide bonds. The van der Waals surface area contributed by atoms with Crippen molar-refractivity contribution in [2.24, 2.45) is 0 Å². The minimum atomic E-state index is -3.50. The van der Waals surface area contributed by atoms with E-state index in [0.717, 1.165) is 19.4 Å². The average Bonchev–Trinajstić information content (AvgIpc) is 2.31. The van der Waals surface area contributed by atoms with Crippen molar-refractivity contribution in [3.8, 4) is 0 Å². The van der Waals surface area contributed by atoms with Crippen LogP contribution in [0.4, 0.5) is 5.69 Å². The molecule has 0 heterocycles. The van der Waals surface area contributed by atoms with Crippen LogP contribution in [0, 0.1) is 0 Å². The summed E-state index contributed by atoms with van der Waals surface area (Å²) in [5.41, 5.74) is 6.04. The molecule has 108 valence electrons. The van der Waals surface area contributed by atoms with E-state index < -0.39 is 10.0 Å². The van der Waals surface area contributed by atoms with Gasteiger partial charge in [0.05, 0.1) is 4.90 Å². The number of benzene rings is 1. The molecule has 1 rings (SSSR count). The van der Waals surface area contributed by atoms with Gasteiger partial charge in [-0.15, -0.1) is 0 Å². The third kappa shape index (κ3) is 5.48. The van der Waals surface area contributed by atoms with Crippen LogP contribution in [0.3, 0.4) is 0 Å². The van der Waals surface area contributed by atoms with E-state index in [0.29, 0.717) is 16.7 Å². The first kappa shape index (κ1) is 16.4. The zero-order valence-corrected chi connectivity index (χ0v) is 13.6. The van der Waals surface area contributed by atoms with Crippen LogP contribution in [-0.4, -0.2) is 40.5 Å². The number of nitrogens with one attached hydrogen (secondary N) is 1. The number of halogens is 1. The van der Waals surface area contributed by atoms with Gasteiger partial charge in [0, 0.05) is 16.7 Å². The first-order valence-electron chi connectivity index (χ1n) is 6.02. The molecule has 1 aromatic rings. The summed E-state index contributed by atoms with van der Waals surface area (Å²) < 4.78 is 27.3. The molecule has 1 aromatic carbocycles. The van der Waals surface area contributed by atoms with E-state index in [1.807, 2.05) is 14.1 Å². The smallest absolute Gasteiger partial charge is 0.241 e. The Morgan fingerprint density at radius 1 is 1.32 bits per heavy atom. The highest BCUT2D eigenvalue weighted by molar-refractivity contribution is 9.10. The van der Waals surface area contributed by atoms with E-state index in [2.05, 4.69) is 25.6 Å². The Kier molecular flexibility index (Phi) is 6.25. The second kappa shape index (κ2) is 7.23. The maximum atomic E-state index is 12.1. The summed E-state index contributed by atoms with van der Waals surface area (Å²) in [6.07, 6.45) is 1.75. The lowest BCUT2D eigenvalue weighted by molar-refractivity contribution is 0.394. The van der Waals surface area contributed by atoms with Gasteiger partial charge in [-0.05, 0) is 67.6 Å². The van der Waals surface area contributed by atoms with Crippen LogP contribution < -0.4 is 10.5 Å². The van der Waals surface area contributed by atoms with Crippen molar-refractivity contribution in [3.63, 3.8) is 0 Å². The lowest BCUT2D eigenvalue weighted by Gasteiger charge is -2.11. The standard InChI is InChI=1S/C12H20BrN3O2S/c1-16(2)8-4-3-7-15-19(17,18)12-9-10(14)5-6-11(12)13/h5-6,9,15H,3-4,7-8,14H2,1-2H3. The lowest BCUT2D eigenvalue weighted by atomic mass is 10.3. The van der Waals surface area contributed by atoms with Gasteiger partial charge >= 0.3 is 0 Å². The molecule has 0 bridgehead atoms. The average molecular weight is 350 g/mol. The number of nitrogen functional groups attached to an aromatic ring is 1. The predicted octanol–water partition coefficient (Wildman–Crippen LogP) is 1.65. The van der Waals surface area contributed by atoms with E-state index in [-0.39, 0.29) is 4.90 Å². The minimum Gasteiger partial charge on any atom is -0.399 e. The van der Waals surface area contributed by atoms with Gasteiger partial charge in [0.25, 0.3) is 0 Å². The third-order valence-corrected chi connectivity index (χ3v) is 5.02. The first-order chi connectivity index (χ1) is 8.83. The Morgan fingerprint density at radius 2 is 2.00 bits per heavy atom. The molecule has 0 radical (unpaired) electrons. The van der Waals surface area contributed by atoms with Crippen LogP contribution in [-0.2, 0) is 10.0 Å². The maximum absolute atomic E-state index is 12.1. The number of rotatable bonds is 7. The molecule has 0 aliphatic heterocycles. The van der Waals surface area contributed by atoms with Crippen molar-refractivity contribution < 1.29 is 8.42 Å². The summed E-state index contributed by atoms with van der Waals surface area (Å²) in [5.74, 6) is 0. The molecule has 5 nitrogen and oxygen atoms in total. The summed E-state index contributed by atoms with van der Waals surface area (Å²) in [6.45, 7) is 1.38. The quantitative estimate of drug-likeness (QED) is 0.579. The van der Waals surface area contributed by atoms with E-state index >= 15 is 0 Å². The van der Waals surface area contributed by atoms with E-state index in [9.17, 15) is 8.42 Å². The van der Waals surface area contributed by atoms with Crippen molar-refractivity contribution in [1.82, 2.24) is 9.62 Å². The van der Waals surface area contributed by atoms with Crippen molar-refractivity contribution in [3.05, 3.63) is 22.7 Å². The van der Waals surface area contributed by atoms with E-state index in [4.69, 9.17) is 5.73 Å². The molecule has 0 saturated heterocycles. The van der Waals surface area contributed by atoms with Crippen LogP contribution in [0.2, 0.25) is 0 Å². The maximum Gasteiger partial charge on any atom is 0.241 e. The van der Waals surface area contributed by atoms with Gasteiger partial charge in [0.15, 0.2) is 0 Å². The van der Waals surface area contributed by atoms with Crippen LogP contribution in [0.5, 0.6) is 0 Å². The SMILES string of the molecule is CN(C)CCCCNS(=O)(=O)c1cc(N)ccc1Br. The number of nitrogens with zero attached hydrogens (tertiary/aromatic N) is 1. The Labute approximate surface area is 123 Å². The van der Waals surface area contributed by atoms with Gasteiger partial charge in [0.1, 0.15) is 0 Å². The van der Waals surface area contributed by atoms with Gasteiger partial charge in [-0.1, -0.05) is 0 Å². The molecule has 19 heavy (non-hydrogen) atoms. The molecular weight excluding hydrogens is 330 g/mol. The Balaban J connectivity index is 2.59. The number of hydrogen-bond acceptors (Lipinski definition) is 4. The van der Waals surface area contributed by atoms with Crippen molar-refractivity contribution in [2.45, 2.75) is 17.7 Å². The minimum absolute atomic E-state index is 0.181. The molecule has 0 unspecified atom stereocenters. The molecular formula is C12H20BrN3O2S. The molecule has 0 atom stereocenters. The number of anilines is 1. The van der Waals surface area contributed by atoms with Gasteiger partial charge in [0.2, 0.25) is 10.0 Å². The lowest BCUT2D eigenvalue weighted by Crippen LogP contribution is -2.26. The van der Waals surface area contributed by atoms with Crippen LogP contribution in [0.1, 0.15) is 12.8 Å². The number of unbranched alkanes of at least 4 members (excludes halogenated alkanes) is 1. The predicted molar refractivity (Wildman–Crippen MR) is 81.5 cm³/mol. The van der Waals surface area contributed by atoms with Gasteiger partial charge in [-0.25, -0.2) is 13.1 Å². The van der Waals surface area contributed by atoms with E-state index in [1.165, 1.54) is 6.07 Å². The van der Waals surface area contributed by atoms with Gasteiger partial charge in [-0.2, -0.15) is 0 Å². The summed E-state index contributed by atoms with van der Waals surface area (Å²) in [7, 11) is 0.484. The van der Waals surface area contributed by atoms with Crippen LogP contribution >= 0.6 is 15.9 Å². The first-order valence-corrected chi connectivity index (χ1v) is 8.30. The fraction of sp³-hybridized carbons (Fsp3) is 0.500. The molecule has 0 aliphatic carbocycles. The zero-order valence-electron chi connectivity index (χ0n) is 11.2. The van der Waals surface area contributed by atoms with Crippen LogP contribution in [0.15, 0.2) is 27.6 Å². The second-order valence-electron chi connectivity index (χ2n) is 4.60. The topological polar surface area (TPSA) is 75.4 Å². The van der Waals surface area contributed by atoms with E-state index in [1.54, 1.807) is 12.1 Å². The Hall–Kier alpha value is -0.630. The summed E-state index contributed by atoms with van der Waals surface area (Å²) >= 11 is 3.23. The molecule has 0 aromatic heterocycles. The molecule has 0 spiro atoms. The number of hydrogen-bond donors (Lipinski definition) is 2. The summed E-state index contributed by atoms with van der Waals surface area (Å²) in [4.78, 5) is 2.25. The molecule has 0 saturated carbocycles. The second-order valence-corrected chi connectivity index (χ2v) is 7.19. The largest absolute Gasteiger partial charge is 0.399 e. The van der Waals surface area contributed by atoms with Crippen molar-refractivity contribution in [2.75, 3.05) is 32.9 Å². The molecule has 0 aliphatic rings. The fourth-order valence-electron chi connectivity index (χ4n) is 1.56. The fourth-order valence-corrected chi connectivity index (χ4v) is 3.63. The molecule has 0 fully saturated rings. The highest BCUT2D eigenvalue weighted by atomic mass is 79.9. The highest BCUT2D eigenvalue weighted by Gasteiger charge is 2.17. The monoisotopic (exact) mass is 349 g/mol. The van der Waals surface area contributed by atoms with Crippen molar-refractivity contribution in [1.29, 1.82) is 0 Å². The summed E-state index contributed by atoms with van der Waals surface area (Å²) in [5, 5.41) is 0. The Morgan fingerprint density at radius 3 is 2.63 bits per heavy atom. The Bertz CT molecular complexity index is 518. The molecule has 7 heteroatoms. The summed E-state index contributed by atoms with van der Waals surface area (Å²) in [6, 6.07) is 4.74. The van der Waals surface area contributed by atoms with Crippen molar-refractivity contribution >= 4 is 31.6 Å². The highest BCUT2D eigenvalue weighted by Crippen LogP contribution is 2.23. The molecule has 3 N–H and O–H groups in total. The number of sulfonamides is 1. The van der Waals surface area contributed by atoms with Crippen LogP contribution in [0.25, 0.3) is 0 Å². The number of nitrogens with two attached hydrogens (primary N) is 1. The normalized spacial score (nSPS) is 12.0. The van der Waals surface area contributed by atoms with Gasteiger partial charge < -0.3 is 10.6 Å². The zero-order chi connectivity index (χ0) is 14.5. The van der Waals surface area contributed by atoms with Gasteiger partial charge in [-0.3, -0.25) is 0 Å². The third-order valence-electron chi connectivity index (χ3n) is 2.57.